The standard InChI is InChI=1S/C11H16FN3O/c1-14-3-5-15(6-4-14)9-7-10(12)11(16-2)13-8-9/h7-8,14H,1,3-6H2,2H3. The zero-order valence-corrected chi connectivity index (χ0v) is 9.37. The molecule has 0 unspecified atom stereocenters. The number of nitrogens with one attached hydrogen (secondary N) is 1. The van der Waals surface area contributed by atoms with Gasteiger partial charge < -0.3 is 14.5 Å². The van der Waals surface area contributed by atoms with Crippen molar-refractivity contribution in [1.82, 2.24) is 4.98 Å². The molecule has 0 aliphatic carbocycles. The maximum Gasteiger partial charge on any atom is 0.250 e. The van der Waals surface area contributed by atoms with Crippen molar-refractivity contribution in [3.8, 4) is 5.88 Å². The summed E-state index contributed by atoms with van der Waals surface area (Å²) in [5.74, 6) is -0.366. The van der Waals surface area contributed by atoms with Crippen molar-refractivity contribution in [3.05, 3.63) is 25.1 Å². The van der Waals surface area contributed by atoms with Gasteiger partial charge in [0.25, 0.3) is 0 Å². The van der Waals surface area contributed by atoms with Crippen molar-refractivity contribution in [2.45, 2.75) is 0 Å². The van der Waals surface area contributed by atoms with E-state index in [1.165, 1.54) is 18.1 Å². The lowest BCUT2D eigenvalue weighted by atomic mass is 10.3. The maximum atomic E-state index is 13.5. The quantitative estimate of drug-likeness (QED) is 0.702. The predicted octanol–water partition coefficient (Wildman–Crippen LogP) is -0.274. The first-order valence-electron chi connectivity index (χ1n) is 5.32. The van der Waals surface area contributed by atoms with Crippen LogP contribution in [0.3, 0.4) is 0 Å². The van der Waals surface area contributed by atoms with E-state index in [4.69, 9.17) is 4.74 Å². The van der Waals surface area contributed by atoms with Crippen LogP contribution in [0.2, 0.25) is 0 Å². The van der Waals surface area contributed by atoms with E-state index in [0.717, 1.165) is 31.9 Å². The summed E-state index contributed by atoms with van der Waals surface area (Å²) >= 11 is 0. The van der Waals surface area contributed by atoms with Crippen LogP contribution in [0.25, 0.3) is 0 Å². The minimum atomic E-state index is -0.413. The van der Waals surface area contributed by atoms with Crippen LogP contribution < -0.4 is 14.5 Å². The van der Waals surface area contributed by atoms with Gasteiger partial charge >= 0.3 is 0 Å². The van der Waals surface area contributed by atoms with Gasteiger partial charge in [-0.2, -0.15) is 7.05 Å². The summed E-state index contributed by atoms with van der Waals surface area (Å²) < 4.78 is 18.2. The lowest BCUT2D eigenvalue weighted by Gasteiger charge is -2.35. The highest BCUT2D eigenvalue weighted by atomic mass is 19.1. The van der Waals surface area contributed by atoms with Crippen LogP contribution in [0.5, 0.6) is 5.88 Å². The number of nitrogens with zero attached hydrogens (tertiary/aromatic N) is 2. The van der Waals surface area contributed by atoms with E-state index in [1.54, 1.807) is 6.20 Å². The molecular weight excluding hydrogens is 209 g/mol. The van der Waals surface area contributed by atoms with Gasteiger partial charge in [0.05, 0.1) is 45.2 Å². The highest BCUT2D eigenvalue weighted by Crippen LogP contribution is 2.20. The van der Waals surface area contributed by atoms with Crippen LogP contribution in [0.4, 0.5) is 10.1 Å². The van der Waals surface area contributed by atoms with Crippen molar-refractivity contribution in [2.75, 3.05) is 38.2 Å². The Morgan fingerprint density at radius 1 is 1.50 bits per heavy atom. The van der Waals surface area contributed by atoms with E-state index in [0.29, 0.717) is 0 Å². The van der Waals surface area contributed by atoms with Crippen LogP contribution >= 0.6 is 0 Å². The normalized spacial score (nSPS) is 17.6. The molecule has 1 aliphatic rings. The number of ether oxygens (including phenoxy) is 1. The fourth-order valence-corrected chi connectivity index (χ4v) is 1.82. The van der Waals surface area contributed by atoms with E-state index in [-0.39, 0.29) is 5.88 Å². The van der Waals surface area contributed by atoms with Gasteiger partial charge in [0.2, 0.25) is 5.88 Å². The maximum absolute atomic E-state index is 13.5. The molecule has 1 aliphatic heterocycles. The first-order valence-corrected chi connectivity index (χ1v) is 5.32. The molecule has 0 spiro atoms. The minimum absolute atomic E-state index is 0.0465. The number of halogens is 1. The Labute approximate surface area is 94.6 Å². The topological polar surface area (TPSA) is 29.8 Å². The smallest absolute Gasteiger partial charge is 0.250 e. The molecule has 1 aromatic rings. The first kappa shape index (κ1) is 11.1. The molecule has 4 nitrogen and oxygen atoms in total. The third-order valence-corrected chi connectivity index (χ3v) is 2.82. The van der Waals surface area contributed by atoms with E-state index < -0.39 is 5.82 Å². The summed E-state index contributed by atoms with van der Waals surface area (Å²) in [4.78, 5) is 7.31. The van der Waals surface area contributed by atoms with E-state index in [1.807, 2.05) is 0 Å². The highest BCUT2D eigenvalue weighted by Gasteiger charge is 2.16. The van der Waals surface area contributed by atoms with Gasteiger partial charge in [-0.05, 0) is 0 Å². The molecule has 1 fully saturated rings. The van der Waals surface area contributed by atoms with Gasteiger partial charge in [-0.1, -0.05) is 0 Å². The summed E-state index contributed by atoms with van der Waals surface area (Å²) in [6.07, 6.45) is 1.65. The van der Waals surface area contributed by atoms with Crippen molar-refractivity contribution in [1.29, 1.82) is 0 Å². The zero-order chi connectivity index (χ0) is 11.5. The number of methoxy groups -OCH3 is 1. The van der Waals surface area contributed by atoms with Gasteiger partial charge in [-0.25, -0.2) is 9.37 Å². The molecule has 0 saturated carbocycles. The molecular formula is C11H16FN3O. The van der Waals surface area contributed by atoms with E-state index >= 15 is 0 Å². The molecule has 0 bridgehead atoms. The van der Waals surface area contributed by atoms with Gasteiger partial charge in [0, 0.05) is 6.07 Å². The fourth-order valence-electron chi connectivity index (χ4n) is 1.82. The number of rotatable bonds is 2. The van der Waals surface area contributed by atoms with E-state index in [2.05, 4.69) is 16.9 Å². The van der Waals surface area contributed by atoms with Crippen molar-refractivity contribution >= 4 is 5.69 Å². The predicted molar refractivity (Wildman–Crippen MR) is 59.0 cm³/mol. The third kappa shape index (κ3) is 2.24. The molecule has 2 rings (SSSR count). The van der Waals surface area contributed by atoms with Crippen molar-refractivity contribution in [3.63, 3.8) is 0 Å². The summed E-state index contributed by atoms with van der Waals surface area (Å²) in [5, 5.41) is 0. The second kappa shape index (κ2) is 4.65. The van der Waals surface area contributed by atoms with Crippen molar-refractivity contribution in [2.24, 2.45) is 0 Å². The number of anilines is 1. The van der Waals surface area contributed by atoms with Crippen LogP contribution in [0, 0.1) is 12.9 Å². The Bertz CT molecular complexity index is 364. The van der Waals surface area contributed by atoms with Crippen LogP contribution in [0.1, 0.15) is 0 Å². The average Bonchev–Trinajstić information content (AvgIpc) is 2.30. The molecule has 2 heterocycles. The molecule has 88 valence electrons. The van der Waals surface area contributed by atoms with E-state index in [9.17, 15) is 4.39 Å². The summed E-state index contributed by atoms with van der Waals surface area (Å²) in [7, 11) is 5.36. The average molecular weight is 225 g/mol. The van der Waals surface area contributed by atoms with Crippen LogP contribution in [-0.4, -0.2) is 38.3 Å². The minimum Gasteiger partial charge on any atom is -0.479 e. The number of piperazine rings is 1. The van der Waals surface area contributed by atoms with Gasteiger partial charge in [-0.3, -0.25) is 0 Å². The van der Waals surface area contributed by atoms with Gasteiger partial charge in [0.15, 0.2) is 5.82 Å². The molecule has 16 heavy (non-hydrogen) atoms. The lowest BCUT2D eigenvalue weighted by Crippen LogP contribution is -3.10. The largest absolute Gasteiger partial charge is 0.479 e. The Kier molecular flexibility index (Phi) is 3.24. The highest BCUT2D eigenvalue weighted by molar-refractivity contribution is 5.46. The molecule has 0 amide bonds. The van der Waals surface area contributed by atoms with Gasteiger partial charge in [0.1, 0.15) is 0 Å². The second-order valence-electron chi connectivity index (χ2n) is 3.92. The third-order valence-electron chi connectivity index (χ3n) is 2.82. The fraction of sp³-hybridized carbons (Fsp3) is 0.455. The zero-order valence-electron chi connectivity index (χ0n) is 9.37. The summed E-state index contributed by atoms with van der Waals surface area (Å²) in [6.45, 7) is 3.69. The molecule has 1 N–H and O–H groups in total. The van der Waals surface area contributed by atoms with Crippen LogP contribution in [0.15, 0.2) is 12.3 Å². The molecule has 0 atom stereocenters. The SMILES string of the molecule is [CH2-][NH+]1CCN(c2cnc(OC)c(F)c2)CC1. The molecule has 1 saturated heterocycles. The first-order chi connectivity index (χ1) is 7.70. The summed E-state index contributed by atoms with van der Waals surface area (Å²) in [6, 6.07) is 1.47. The monoisotopic (exact) mass is 225 g/mol. The second-order valence-corrected chi connectivity index (χ2v) is 3.92. The number of pyridine rings is 1. The number of hydrogen-bond donors (Lipinski definition) is 1. The van der Waals surface area contributed by atoms with Gasteiger partial charge in [-0.15, -0.1) is 0 Å². The molecule has 0 radical (unpaired) electrons. The molecule has 0 aromatic carbocycles. The number of aromatic nitrogens is 1. The lowest BCUT2D eigenvalue weighted by molar-refractivity contribution is -0.854. The molecule has 1 aromatic heterocycles. The Morgan fingerprint density at radius 3 is 2.75 bits per heavy atom. The Hall–Kier alpha value is -1.36. The summed E-state index contributed by atoms with van der Waals surface area (Å²) in [5.41, 5.74) is 0.811. The Morgan fingerprint density at radius 2 is 2.19 bits per heavy atom. The van der Waals surface area contributed by atoms with Crippen molar-refractivity contribution < 1.29 is 14.0 Å². The molecule has 5 heteroatoms. The van der Waals surface area contributed by atoms with Crippen LogP contribution in [-0.2, 0) is 0 Å². The Balaban J connectivity index is 2.12. The number of hydrogen-bond acceptors (Lipinski definition) is 3. The number of quaternary nitrogens is 1.